The largest absolute Gasteiger partial charge is 0.394 e. The summed E-state index contributed by atoms with van der Waals surface area (Å²) in [7, 11) is 0. The molecule has 0 aromatic carbocycles. The van der Waals surface area contributed by atoms with Crippen LogP contribution in [0.25, 0.3) is 0 Å². The smallest absolute Gasteiger partial charge is 0.311 e. The lowest BCUT2D eigenvalue weighted by atomic mass is 9.98. The van der Waals surface area contributed by atoms with E-state index < -0.39 is 10.5 Å². The molecule has 0 saturated carbocycles. The number of aliphatic hydroxyl groups excluding tert-OH is 2. The highest BCUT2D eigenvalue weighted by Crippen LogP contribution is 2.27. The molecule has 1 rings (SSSR count). The molecule has 20 heavy (non-hydrogen) atoms. The van der Waals surface area contributed by atoms with Gasteiger partial charge in [0.25, 0.3) is 0 Å². The second-order valence-electron chi connectivity index (χ2n) is 4.43. The van der Waals surface area contributed by atoms with E-state index in [4.69, 9.17) is 0 Å². The summed E-state index contributed by atoms with van der Waals surface area (Å²) in [6, 6.07) is 2.85. The highest BCUT2D eigenvalue weighted by Gasteiger charge is 2.30. The van der Waals surface area contributed by atoms with Crippen LogP contribution in [0.1, 0.15) is 20.3 Å². The van der Waals surface area contributed by atoms with Crippen molar-refractivity contribution in [3.8, 4) is 0 Å². The van der Waals surface area contributed by atoms with Crippen molar-refractivity contribution >= 4 is 17.3 Å². The van der Waals surface area contributed by atoms with E-state index >= 15 is 0 Å². The predicted octanol–water partition coefficient (Wildman–Crippen LogP) is 0.967. The predicted molar refractivity (Wildman–Crippen MR) is 75.9 cm³/mol. The van der Waals surface area contributed by atoms with Crippen LogP contribution in [-0.2, 0) is 0 Å². The van der Waals surface area contributed by atoms with Gasteiger partial charge in [-0.05, 0) is 19.4 Å². The van der Waals surface area contributed by atoms with E-state index in [9.17, 15) is 20.3 Å². The SMILES string of the molecule is CCNc1ccc([N+](=O)[O-])c(NC(CC)(CO)CO)n1. The third-order valence-corrected chi connectivity index (χ3v) is 3.09. The summed E-state index contributed by atoms with van der Waals surface area (Å²) < 4.78 is 0. The molecular formula is C12H20N4O4. The zero-order valence-corrected chi connectivity index (χ0v) is 11.6. The number of nitrogens with one attached hydrogen (secondary N) is 2. The van der Waals surface area contributed by atoms with Crippen molar-refractivity contribution in [1.82, 2.24) is 4.98 Å². The molecule has 0 spiro atoms. The van der Waals surface area contributed by atoms with Gasteiger partial charge in [-0.25, -0.2) is 4.98 Å². The molecule has 8 nitrogen and oxygen atoms in total. The second-order valence-corrected chi connectivity index (χ2v) is 4.43. The lowest BCUT2D eigenvalue weighted by Gasteiger charge is -2.30. The lowest BCUT2D eigenvalue weighted by molar-refractivity contribution is -0.384. The number of nitro groups is 1. The van der Waals surface area contributed by atoms with Crippen LogP contribution >= 0.6 is 0 Å². The van der Waals surface area contributed by atoms with Crippen molar-refractivity contribution in [1.29, 1.82) is 0 Å². The molecule has 0 saturated heterocycles. The molecule has 0 fully saturated rings. The summed E-state index contributed by atoms with van der Waals surface area (Å²) in [5.41, 5.74) is -1.24. The summed E-state index contributed by atoms with van der Waals surface area (Å²) in [5.74, 6) is 0.514. The molecule has 112 valence electrons. The lowest BCUT2D eigenvalue weighted by Crippen LogP contribution is -2.45. The van der Waals surface area contributed by atoms with Crippen LogP contribution in [0, 0.1) is 10.1 Å². The standard InChI is InChI=1S/C12H20N4O4/c1-3-12(7-17,8-18)15-11-9(16(19)20)5-6-10(14-11)13-4-2/h5-6,17-18H,3-4,7-8H2,1-2H3,(H2,13,14,15). The van der Waals surface area contributed by atoms with Crippen molar-refractivity contribution in [2.24, 2.45) is 0 Å². The maximum Gasteiger partial charge on any atom is 0.311 e. The van der Waals surface area contributed by atoms with Gasteiger partial charge in [-0.2, -0.15) is 0 Å². The number of aromatic nitrogens is 1. The number of anilines is 2. The Kier molecular flexibility index (Phi) is 5.66. The minimum Gasteiger partial charge on any atom is -0.394 e. The maximum absolute atomic E-state index is 11.0. The van der Waals surface area contributed by atoms with Crippen LogP contribution in [0.3, 0.4) is 0 Å². The Labute approximate surface area is 117 Å². The number of pyridine rings is 1. The zero-order chi connectivity index (χ0) is 15.2. The van der Waals surface area contributed by atoms with Gasteiger partial charge in [-0.15, -0.1) is 0 Å². The molecule has 0 radical (unpaired) electrons. The van der Waals surface area contributed by atoms with E-state index in [1.807, 2.05) is 6.92 Å². The molecule has 0 bridgehead atoms. The van der Waals surface area contributed by atoms with E-state index in [1.54, 1.807) is 6.92 Å². The van der Waals surface area contributed by atoms with Crippen LogP contribution in [0.2, 0.25) is 0 Å². The first-order chi connectivity index (χ1) is 9.51. The van der Waals surface area contributed by atoms with E-state index in [0.717, 1.165) is 0 Å². The van der Waals surface area contributed by atoms with Crippen LogP contribution in [-0.4, -0.2) is 45.4 Å². The van der Waals surface area contributed by atoms with Gasteiger partial charge in [0.2, 0.25) is 5.82 Å². The van der Waals surface area contributed by atoms with Gasteiger partial charge in [-0.1, -0.05) is 6.92 Å². The highest BCUT2D eigenvalue weighted by molar-refractivity contribution is 5.61. The van der Waals surface area contributed by atoms with Crippen LogP contribution in [0.5, 0.6) is 0 Å². The molecule has 1 aromatic heterocycles. The quantitative estimate of drug-likeness (QED) is 0.414. The van der Waals surface area contributed by atoms with E-state index in [2.05, 4.69) is 15.6 Å². The molecule has 1 aromatic rings. The fourth-order valence-corrected chi connectivity index (χ4v) is 1.66. The van der Waals surface area contributed by atoms with Gasteiger partial charge >= 0.3 is 5.69 Å². The molecular weight excluding hydrogens is 264 g/mol. The van der Waals surface area contributed by atoms with Crippen molar-refractivity contribution in [3.63, 3.8) is 0 Å². The van der Waals surface area contributed by atoms with Crippen molar-refractivity contribution in [3.05, 3.63) is 22.2 Å². The Bertz CT molecular complexity index is 455. The molecule has 0 atom stereocenters. The number of nitrogens with zero attached hydrogens (tertiary/aromatic N) is 2. The second kappa shape index (κ2) is 7.01. The first-order valence-corrected chi connectivity index (χ1v) is 6.41. The summed E-state index contributed by atoms with van der Waals surface area (Å²) in [4.78, 5) is 14.6. The fraction of sp³-hybridized carbons (Fsp3) is 0.583. The zero-order valence-electron chi connectivity index (χ0n) is 11.6. The van der Waals surface area contributed by atoms with E-state index in [1.165, 1.54) is 12.1 Å². The minimum atomic E-state index is -1.04. The van der Waals surface area contributed by atoms with Gasteiger partial charge in [-0.3, -0.25) is 10.1 Å². The fourth-order valence-electron chi connectivity index (χ4n) is 1.66. The van der Waals surface area contributed by atoms with Crippen LogP contribution < -0.4 is 10.6 Å². The summed E-state index contributed by atoms with van der Waals surface area (Å²) in [6.07, 6.45) is 0.393. The summed E-state index contributed by atoms with van der Waals surface area (Å²) >= 11 is 0. The topological polar surface area (TPSA) is 121 Å². The van der Waals surface area contributed by atoms with E-state index in [0.29, 0.717) is 18.8 Å². The van der Waals surface area contributed by atoms with Gasteiger partial charge in [0, 0.05) is 12.6 Å². The van der Waals surface area contributed by atoms with Crippen molar-refractivity contribution in [2.75, 3.05) is 30.4 Å². The average molecular weight is 284 g/mol. The molecule has 0 aliphatic heterocycles. The van der Waals surface area contributed by atoms with Gasteiger partial charge in [0.1, 0.15) is 5.82 Å². The monoisotopic (exact) mass is 284 g/mol. The maximum atomic E-state index is 11.0. The van der Waals surface area contributed by atoms with Crippen molar-refractivity contribution in [2.45, 2.75) is 25.8 Å². The number of rotatable bonds is 8. The number of aliphatic hydroxyl groups is 2. The Hall–Kier alpha value is -1.93. The Balaban J connectivity index is 3.18. The third kappa shape index (κ3) is 3.55. The average Bonchev–Trinajstić information content (AvgIpc) is 2.45. The Morgan fingerprint density at radius 2 is 2.00 bits per heavy atom. The minimum absolute atomic E-state index is 0.0263. The van der Waals surface area contributed by atoms with Gasteiger partial charge < -0.3 is 20.8 Å². The molecule has 1 heterocycles. The Morgan fingerprint density at radius 1 is 1.35 bits per heavy atom. The van der Waals surface area contributed by atoms with Crippen molar-refractivity contribution < 1.29 is 15.1 Å². The number of hydrogen-bond acceptors (Lipinski definition) is 7. The summed E-state index contributed by atoms with van der Waals surface area (Å²) in [5, 5.41) is 35.6. The molecule has 0 aliphatic rings. The Morgan fingerprint density at radius 3 is 2.45 bits per heavy atom. The molecule has 4 N–H and O–H groups in total. The van der Waals surface area contributed by atoms with Crippen LogP contribution in [0.4, 0.5) is 17.3 Å². The van der Waals surface area contributed by atoms with Gasteiger partial charge in [0.05, 0.1) is 23.7 Å². The molecule has 8 heteroatoms. The van der Waals surface area contributed by atoms with Gasteiger partial charge in [0.15, 0.2) is 0 Å². The molecule has 0 aliphatic carbocycles. The third-order valence-electron chi connectivity index (χ3n) is 3.09. The number of hydrogen-bond donors (Lipinski definition) is 4. The first kappa shape index (κ1) is 16.1. The highest BCUT2D eigenvalue weighted by atomic mass is 16.6. The molecule has 0 amide bonds. The first-order valence-electron chi connectivity index (χ1n) is 6.41. The molecule has 0 unspecified atom stereocenters. The summed E-state index contributed by atoms with van der Waals surface area (Å²) in [6.45, 7) is 3.56. The van der Waals surface area contributed by atoms with Crippen LogP contribution in [0.15, 0.2) is 12.1 Å². The normalized spacial score (nSPS) is 11.2. The van der Waals surface area contributed by atoms with E-state index in [-0.39, 0.29) is 24.7 Å².